The molecule has 1 amide bonds. The van der Waals surface area contributed by atoms with E-state index in [1.54, 1.807) is 0 Å². The number of nitrogens with zero attached hydrogens (tertiary/aromatic N) is 2. The predicted molar refractivity (Wildman–Crippen MR) is 213 cm³/mol. The maximum Gasteiger partial charge on any atom is 0.247 e. The van der Waals surface area contributed by atoms with Gasteiger partial charge in [0.15, 0.2) is 0 Å². The van der Waals surface area contributed by atoms with E-state index in [-0.39, 0.29) is 18.2 Å². The minimum atomic E-state index is -4.25. The number of rotatable bonds is 36. The van der Waals surface area contributed by atoms with Gasteiger partial charge in [-0.25, -0.2) is 8.42 Å². The zero-order chi connectivity index (χ0) is 36.4. The van der Waals surface area contributed by atoms with Gasteiger partial charge in [0, 0.05) is 12.8 Å². The highest BCUT2D eigenvalue weighted by molar-refractivity contribution is 7.85. The predicted octanol–water partition coefficient (Wildman–Crippen LogP) is 10.4. The molecule has 1 N–H and O–H groups in total. The molecule has 0 atom stereocenters. The number of amides is 1. The maximum absolute atomic E-state index is 12.5. The summed E-state index contributed by atoms with van der Waals surface area (Å²) < 4.78 is 36.0. The molecule has 0 spiro atoms. The van der Waals surface area contributed by atoms with Crippen LogP contribution in [-0.2, 0) is 14.9 Å². The van der Waals surface area contributed by atoms with Gasteiger partial charge in [-0.1, -0.05) is 141 Å². The fourth-order valence-corrected chi connectivity index (χ4v) is 7.29. The fourth-order valence-electron chi connectivity index (χ4n) is 6.85. The summed E-state index contributed by atoms with van der Waals surface area (Å²) in [6, 6.07) is 0. The van der Waals surface area contributed by atoms with Gasteiger partial charge in [0.1, 0.15) is 19.6 Å². The van der Waals surface area contributed by atoms with Gasteiger partial charge in [-0.15, -0.1) is 0 Å². The summed E-state index contributed by atoms with van der Waals surface area (Å²) in [7, 11) is -4.25. The van der Waals surface area contributed by atoms with Crippen LogP contribution in [0.5, 0.6) is 0 Å². The Hall–Kier alpha value is -1.67. The second kappa shape index (κ2) is 33.2. The van der Waals surface area contributed by atoms with E-state index in [0.29, 0.717) is 13.0 Å². The number of hydrogen-bond donors (Lipinski definition) is 1. The number of carbonyl (C=O) groups excluding carboxylic acids is 1. The smallest absolute Gasteiger partial charge is 0.247 e. The molecule has 50 heavy (non-hydrogen) atoms. The second-order valence-corrected chi connectivity index (χ2v) is 16.2. The van der Waals surface area contributed by atoms with E-state index in [1.807, 2.05) is 0 Å². The Bertz CT molecular complexity index is 1010. The molecule has 7 nitrogen and oxygen atoms in total. The lowest BCUT2D eigenvalue weighted by molar-refractivity contribution is -0.514. The molecule has 292 valence electrons. The molecule has 1 heterocycles. The van der Waals surface area contributed by atoms with Gasteiger partial charge in [-0.3, -0.25) is 14.3 Å². The summed E-state index contributed by atoms with van der Waals surface area (Å²) in [4.78, 5) is 14.8. The van der Waals surface area contributed by atoms with Crippen LogP contribution in [0.4, 0.5) is 0 Å². The average Bonchev–Trinajstić information content (AvgIpc) is 3.48. The van der Waals surface area contributed by atoms with Crippen LogP contribution in [0.1, 0.15) is 194 Å². The Morgan fingerprint density at radius 1 is 0.680 bits per heavy atom. The number of carbonyl (C=O) groups is 1. The first kappa shape index (κ1) is 46.4. The number of unbranched alkanes of at least 4 members (excludes halogenated alkanes) is 22. The molecule has 0 aromatic heterocycles. The Kier molecular flexibility index (Phi) is 30.8. The van der Waals surface area contributed by atoms with Crippen molar-refractivity contribution in [2.24, 2.45) is 0 Å². The highest BCUT2D eigenvalue weighted by Gasteiger charge is 2.29. The van der Waals surface area contributed by atoms with E-state index in [2.05, 4.69) is 52.9 Å². The first-order valence-electron chi connectivity index (χ1n) is 21.2. The molecule has 0 aromatic carbocycles. The van der Waals surface area contributed by atoms with E-state index in [1.165, 1.54) is 141 Å². The van der Waals surface area contributed by atoms with Crippen LogP contribution in [-0.4, -0.2) is 72.7 Å². The van der Waals surface area contributed by atoms with Gasteiger partial charge in [0.2, 0.25) is 11.7 Å². The molecule has 1 aliphatic rings. The minimum absolute atomic E-state index is 0.120. The largest absolute Gasteiger partial charge is 0.748 e. The van der Waals surface area contributed by atoms with Gasteiger partial charge in [-0.2, -0.15) is 0 Å². The van der Waals surface area contributed by atoms with Crippen LogP contribution in [0.2, 0.25) is 0 Å². The first-order valence-corrected chi connectivity index (χ1v) is 22.8. The number of nitrogens with one attached hydrogen (secondary N) is 1. The minimum Gasteiger partial charge on any atom is -0.748 e. The third-order valence-electron chi connectivity index (χ3n) is 10.0. The molecule has 1 rings (SSSR count). The Labute approximate surface area is 310 Å². The molecule has 8 heteroatoms. The van der Waals surface area contributed by atoms with Gasteiger partial charge in [-0.05, 0) is 64.2 Å². The second-order valence-electron chi connectivity index (χ2n) is 14.7. The Balaban J connectivity index is 2.19. The zero-order valence-electron chi connectivity index (χ0n) is 32.8. The molecule has 0 aromatic rings. The number of amidine groups is 1. The lowest BCUT2D eigenvalue weighted by Crippen LogP contribution is -2.37. The van der Waals surface area contributed by atoms with Crippen molar-refractivity contribution >= 4 is 21.9 Å². The van der Waals surface area contributed by atoms with Crippen LogP contribution >= 0.6 is 0 Å². The highest BCUT2D eigenvalue weighted by atomic mass is 32.2. The van der Waals surface area contributed by atoms with E-state index in [0.717, 1.165) is 57.6 Å². The molecule has 0 bridgehead atoms. The summed E-state index contributed by atoms with van der Waals surface area (Å²) in [5.74, 6) is 0.899. The van der Waals surface area contributed by atoms with Crippen molar-refractivity contribution in [3.63, 3.8) is 0 Å². The Morgan fingerprint density at radius 3 is 1.60 bits per heavy atom. The first-order chi connectivity index (χ1) is 24.4. The molecule has 1 aliphatic heterocycles. The molecule has 0 aliphatic carbocycles. The van der Waals surface area contributed by atoms with Crippen molar-refractivity contribution in [3.8, 4) is 0 Å². The highest BCUT2D eigenvalue weighted by Crippen LogP contribution is 2.14. The van der Waals surface area contributed by atoms with Gasteiger partial charge in [0.05, 0.1) is 29.0 Å². The van der Waals surface area contributed by atoms with Crippen LogP contribution in [0.25, 0.3) is 0 Å². The zero-order valence-corrected chi connectivity index (χ0v) is 33.6. The van der Waals surface area contributed by atoms with Gasteiger partial charge >= 0.3 is 0 Å². The van der Waals surface area contributed by atoms with Crippen LogP contribution in [0.15, 0.2) is 24.3 Å². The van der Waals surface area contributed by atoms with Gasteiger partial charge in [0.25, 0.3) is 0 Å². The molecule has 0 saturated heterocycles. The van der Waals surface area contributed by atoms with Crippen molar-refractivity contribution in [2.75, 3.05) is 38.5 Å². The van der Waals surface area contributed by atoms with Crippen molar-refractivity contribution < 1.29 is 22.3 Å². The normalized spacial score (nSPS) is 13.9. The lowest BCUT2D eigenvalue weighted by Gasteiger charge is -2.15. The quantitative estimate of drug-likeness (QED) is 0.0301. The van der Waals surface area contributed by atoms with Crippen LogP contribution < -0.4 is 5.32 Å². The van der Waals surface area contributed by atoms with Crippen LogP contribution in [0, 0.1) is 0 Å². The molecular weight excluding hydrogens is 643 g/mol. The van der Waals surface area contributed by atoms with Crippen LogP contribution in [0.3, 0.4) is 0 Å². The van der Waals surface area contributed by atoms with Crippen molar-refractivity contribution in [2.45, 2.75) is 194 Å². The monoisotopic (exact) mass is 722 g/mol. The van der Waals surface area contributed by atoms with E-state index in [9.17, 15) is 17.8 Å². The van der Waals surface area contributed by atoms with Crippen molar-refractivity contribution in [1.82, 2.24) is 10.2 Å². The SMILES string of the molecule is CCCCCCCC/C=C\CCCCCCCC(=O)NCCN1CC[N+](CCS(=O)(=O)[O-])=C1CCCCCCC/C=C\CCCCCCCC. The number of hydrogen-bond acceptors (Lipinski definition) is 5. The van der Waals surface area contributed by atoms with Crippen molar-refractivity contribution in [3.05, 3.63) is 24.3 Å². The molecule has 0 radical (unpaired) electrons. The standard InChI is InChI=1S/C42H79N3O4S/c1-3-5-7-9-11-13-15-17-19-21-23-25-27-29-31-33-41(46)43-35-36-44-37-38-45(39-40-50(47,48)49)42(44)34-32-30-28-26-24-22-20-18-16-14-12-10-8-6-4-2/h17-20H,3-16,21-40H2,1-2H3,(H-,43,46,47,48,49)/b19-17-,20-18-. The maximum atomic E-state index is 12.5. The topological polar surface area (TPSA) is 92.6 Å². The summed E-state index contributed by atoms with van der Waals surface area (Å²) >= 11 is 0. The van der Waals surface area contributed by atoms with E-state index < -0.39 is 10.1 Å². The Morgan fingerprint density at radius 2 is 1.12 bits per heavy atom. The average molecular weight is 722 g/mol. The fraction of sp³-hybridized carbons (Fsp3) is 0.857. The summed E-state index contributed by atoms with van der Waals surface area (Å²) in [6.45, 7) is 7.64. The number of allylic oxidation sites excluding steroid dienone is 4. The third kappa shape index (κ3) is 29.0. The van der Waals surface area contributed by atoms with Crippen molar-refractivity contribution in [1.29, 1.82) is 0 Å². The lowest BCUT2D eigenvalue weighted by atomic mass is 10.1. The molecule has 0 unspecified atom stereocenters. The molecule has 0 saturated carbocycles. The van der Waals surface area contributed by atoms with Gasteiger partial charge < -0.3 is 9.87 Å². The molecular formula is C42H79N3O4S. The third-order valence-corrected chi connectivity index (χ3v) is 10.7. The summed E-state index contributed by atoms with van der Waals surface area (Å²) in [5.41, 5.74) is 0. The summed E-state index contributed by atoms with van der Waals surface area (Å²) in [6.07, 6.45) is 43.6. The van der Waals surface area contributed by atoms with E-state index >= 15 is 0 Å². The van der Waals surface area contributed by atoms with E-state index in [4.69, 9.17) is 0 Å². The summed E-state index contributed by atoms with van der Waals surface area (Å²) in [5, 5.41) is 3.10. The molecule has 0 fully saturated rings.